The van der Waals surface area contributed by atoms with E-state index in [9.17, 15) is 22.8 Å². The molecule has 1 aromatic rings. The quantitative estimate of drug-likeness (QED) is 0.608. The SMILES string of the molecule is O=C1C=CC(OC(=O)c2cc(F)c(F)c(F)c2)OC1. The van der Waals surface area contributed by atoms with Crippen LogP contribution in [0, 0.1) is 17.5 Å². The van der Waals surface area contributed by atoms with E-state index < -0.39 is 35.3 Å². The number of ketones is 1. The summed E-state index contributed by atoms with van der Waals surface area (Å²) in [5.41, 5.74) is -0.495. The minimum atomic E-state index is -1.67. The van der Waals surface area contributed by atoms with E-state index in [1.165, 1.54) is 6.08 Å². The van der Waals surface area contributed by atoms with Gasteiger partial charge in [-0.25, -0.2) is 18.0 Å². The molecule has 0 aliphatic carbocycles. The summed E-state index contributed by atoms with van der Waals surface area (Å²) in [7, 11) is 0. The Balaban J connectivity index is 2.12. The fraction of sp³-hybridized carbons (Fsp3) is 0.167. The van der Waals surface area contributed by atoms with Crippen LogP contribution in [0.5, 0.6) is 0 Å². The van der Waals surface area contributed by atoms with E-state index in [1.807, 2.05) is 0 Å². The molecule has 0 amide bonds. The Morgan fingerprint density at radius 1 is 1.26 bits per heavy atom. The van der Waals surface area contributed by atoms with Crippen LogP contribution in [-0.2, 0) is 14.3 Å². The van der Waals surface area contributed by atoms with E-state index in [-0.39, 0.29) is 12.4 Å². The molecule has 0 bridgehead atoms. The van der Waals surface area contributed by atoms with E-state index >= 15 is 0 Å². The lowest BCUT2D eigenvalue weighted by Crippen LogP contribution is -2.26. The normalized spacial score (nSPS) is 18.5. The van der Waals surface area contributed by atoms with Crippen LogP contribution >= 0.6 is 0 Å². The van der Waals surface area contributed by atoms with Gasteiger partial charge in [0.15, 0.2) is 23.2 Å². The highest BCUT2D eigenvalue weighted by atomic mass is 19.2. The zero-order chi connectivity index (χ0) is 14.0. The van der Waals surface area contributed by atoms with Crippen LogP contribution in [0.2, 0.25) is 0 Å². The summed E-state index contributed by atoms with van der Waals surface area (Å²) in [5, 5.41) is 0. The van der Waals surface area contributed by atoms with Crippen molar-refractivity contribution in [3.8, 4) is 0 Å². The summed E-state index contributed by atoms with van der Waals surface area (Å²) in [6, 6.07) is 1.02. The number of hydrogen-bond donors (Lipinski definition) is 0. The van der Waals surface area contributed by atoms with Gasteiger partial charge in [-0.1, -0.05) is 0 Å². The number of carbonyl (C=O) groups excluding carboxylic acids is 2. The van der Waals surface area contributed by atoms with Crippen molar-refractivity contribution >= 4 is 11.8 Å². The predicted octanol–water partition coefficient (Wildman–Crippen LogP) is 1.74. The van der Waals surface area contributed by atoms with Gasteiger partial charge in [0.2, 0.25) is 6.29 Å². The molecule has 4 nitrogen and oxygen atoms in total. The highest BCUT2D eigenvalue weighted by molar-refractivity contribution is 5.92. The first kappa shape index (κ1) is 13.3. The number of ether oxygens (including phenoxy) is 2. The molecule has 0 spiro atoms. The third-order valence-corrected chi connectivity index (χ3v) is 2.27. The number of carbonyl (C=O) groups is 2. The molecule has 1 unspecified atom stereocenters. The Morgan fingerprint density at radius 3 is 2.42 bits per heavy atom. The highest BCUT2D eigenvalue weighted by Gasteiger charge is 2.21. The second-order valence-corrected chi connectivity index (χ2v) is 3.66. The molecular formula is C12H7F3O4. The first-order chi connectivity index (χ1) is 8.97. The Kier molecular flexibility index (Phi) is 3.66. The summed E-state index contributed by atoms with van der Waals surface area (Å²) in [6.07, 6.45) is 1.22. The number of hydrogen-bond acceptors (Lipinski definition) is 4. The number of benzene rings is 1. The van der Waals surface area contributed by atoms with Crippen LogP contribution in [0.25, 0.3) is 0 Å². The molecule has 1 aromatic carbocycles. The minimum absolute atomic E-state index is 0.263. The Morgan fingerprint density at radius 2 is 1.89 bits per heavy atom. The van der Waals surface area contributed by atoms with Crippen LogP contribution in [0.4, 0.5) is 13.2 Å². The van der Waals surface area contributed by atoms with Crippen LogP contribution < -0.4 is 0 Å². The van der Waals surface area contributed by atoms with Crippen LogP contribution in [0.15, 0.2) is 24.3 Å². The second-order valence-electron chi connectivity index (χ2n) is 3.66. The molecule has 0 fully saturated rings. The Labute approximate surface area is 105 Å². The smallest absolute Gasteiger partial charge is 0.340 e. The van der Waals surface area contributed by atoms with Crippen LogP contribution in [-0.4, -0.2) is 24.6 Å². The molecule has 1 atom stereocenters. The average molecular weight is 272 g/mol. The van der Waals surface area contributed by atoms with E-state index in [0.29, 0.717) is 12.1 Å². The predicted molar refractivity (Wildman–Crippen MR) is 55.6 cm³/mol. The van der Waals surface area contributed by atoms with E-state index in [4.69, 9.17) is 9.47 Å². The molecule has 0 radical (unpaired) electrons. The van der Waals surface area contributed by atoms with Crippen molar-refractivity contribution in [2.24, 2.45) is 0 Å². The lowest BCUT2D eigenvalue weighted by Gasteiger charge is -2.17. The molecule has 0 saturated heterocycles. The Bertz CT molecular complexity index is 545. The van der Waals surface area contributed by atoms with Gasteiger partial charge in [-0.05, 0) is 24.3 Å². The van der Waals surface area contributed by atoms with Crippen molar-refractivity contribution < 1.29 is 32.2 Å². The highest BCUT2D eigenvalue weighted by Crippen LogP contribution is 2.15. The topological polar surface area (TPSA) is 52.6 Å². The van der Waals surface area contributed by atoms with Crippen LogP contribution in [0.1, 0.15) is 10.4 Å². The number of esters is 1. The number of rotatable bonds is 2. The van der Waals surface area contributed by atoms with Crippen molar-refractivity contribution in [1.82, 2.24) is 0 Å². The standard InChI is InChI=1S/C12H7F3O4/c13-8-3-6(4-9(14)11(8)15)12(17)19-10-2-1-7(16)5-18-10/h1-4,10H,5H2. The maximum absolute atomic E-state index is 12.9. The maximum Gasteiger partial charge on any atom is 0.340 e. The summed E-state index contributed by atoms with van der Waals surface area (Å²) in [5.74, 6) is -6.06. The lowest BCUT2D eigenvalue weighted by atomic mass is 10.2. The van der Waals surface area contributed by atoms with E-state index in [1.54, 1.807) is 0 Å². The molecule has 0 saturated carbocycles. The molecule has 19 heavy (non-hydrogen) atoms. The van der Waals surface area contributed by atoms with E-state index in [2.05, 4.69) is 0 Å². The van der Waals surface area contributed by atoms with Crippen molar-refractivity contribution in [3.63, 3.8) is 0 Å². The van der Waals surface area contributed by atoms with E-state index in [0.717, 1.165) is 6.08 Å². The molecule has 1 heterocycles. The van der Waals surface area contributed by atoms with Gasteiger partial charge in [0.1, 0.15) is 6.61 Å². The van der Waals surface area contributed by atoms with Gasteiger partial charge in [-0.15, -0.1) is 0 Å². The zero-order valence-electron chi connectivity index (χ0n) is 9.36. The Hall–Kier alpha value is -2.15. The summed E-state index contributed by atoms with van der Waals surface area (Å²) in [4.78, 5) is 22.3. The minimum Gasteiger partial charge on any atom is -0.428 e. The molecule has 100 valence electrons. The molecule has 0 N–H and O–H groups in total. The van der Waals surface area contributed by atoms with Crippen molar-refractivity contribution in [2.75, 3.05) is 6.61 Å². The summed E-state index contributed by atoms with van der Waals surface area (Å²) < 4.78 is 48.1. The molecule has 0 aromatic heterocycles. The first-order valence-corrected chi connectivity index (χ1v) is 5.15. The van der Waals surface area contributed by atoms with Gasteiger partial charge in [-0.3, -0.25) is 4.79 Å². The lowest BCUT2D eigenvalue weighted by molar-refractivity contribution is -0.132. The van der Waals surface area contributed by atoms with Gasteiger partial charge in [0, 0.05) is 0 Å². The van der Waals surface area contributed by atoms with Gasteiger partial charge in [0.05, 0.1) is 5.56 Å². The third kappa shape index (κ3) is 3.00. The van der Waals surface area contributed by atoms with Crippen molar-refractivity contribution in [3.05, 3.63) is 47.3 Å². The van der Waals surface area contributed by atoms with Crippen molar-refractivity contribution in [2.45, 2.75) is 6.29 Å². The van der Waals surface area contributed by atoms with Crippen LogP contribution in [0.3, 0.4) is 0 Å². The second kappa shape index (κ2) is 5.23. The summed E-state index contributed by atoms with van der Waals surface area (Å²) >= 11 is 0. The monoisotopic (exact) mass is 272 g/mol. The fourth-order valence-corrected chi connectivity index (χ4v) is 1.37. The fourth-order valence-electron chi connectivity index (χ4n) is 1.37. The molecule has 7 heteroatoms. The average Bonchev–Trinajstić information content (AvgIpc) is 2.38. The number of halogens is 3. The largest absolute Gasteiger partial charge is 0.428 e. The van der Waals surface area contributed by atoms with Gasteiger partial charge in [0.25, 0.3) is 0 Å². The molecule has 1 aliphatic rings. The first-order valence-electron chi connectivity index (χ1n) is 5.15. The van der Waals surface area contributed by atoms with Gasteiger partial charge < -0.3 is 9.47 Å². The zero-order valence-corrected chi connectivity index (χ0v) is 9.36. The molecular weight excluding hydrogens is 265 g/mol. The third-order valence-electron chi connectivity index (χ3n) is 2.27. The molecule has 2 rings (SSSR count). The van der Waals surface area contributed by atoms with Gasteiger partial charge in [-0.2, -0.15) is 0 Å². The summed E-state index contributed by atoms with van der Waals surface area (Å²) in [6.45, 7) is -0.263. The molecule has 1 aliphatic heterocycles. The maximum atomic E-state index is 12.9. The van der Waals surface area contributed by atoms with Gasteiger partial charge >= 0.3 is 5.97 Å². The van der Waals surface area contributed by atoms with Crippen molar-refractivity contribution in [1.29, 1.82) is 0 Å².